The average molecular weight is 223 g/mol. The van der Waals surface area contributed by atoms with Gasteiger partial charge < -0.3 is 4.90 Å². The summed E-state index contributed by atoms with van der Waals surface area (Å²) in [4.78, 5) is 2.55. The number of nitrogens with zero attached hydrogens (tertiary/aromatic N) is 2. The smallest absolute Gasteiger partial charge is 0.0967 e. The van der Waals surface area contributed by atoms with E-state index in [2.05, 4.69) is 37.1 Å². The van der Waals surface area contributed by atoms with E-state index in [1.54, 1.807) is 0 Å². The lowest BCUT2D eigenvalue weighted by Gasteiger charge is -2.23. The fraction of sp³-hybridized carbons (Fsp3) is 0.923. The zero-order valence-corrected chi connectivity index (χ0v) is 10.9. The van der Waals surface area contributed by atoms with Crippen molar-refractivity contribution in [3.63, 3.8) is 0 Å². The number of hydrogen-bond donors (Lipinski definition) is 1. The van der Waals surface area contributed by atoms with Gasteiger partial charge in [0.05, 0.1) is 12.1 Å². The number of rotatable bonds is 8. The Balaban J connectivity index is 2.26. The SMILES string of the molecule is CCCN(CCC(C#N)NC(C)C)C1CC1. The van der Waals surface area contributed by atoms with E-state index in [0.717, 1.165) is 19.0 Å². The Bertz CT molecular complexity index is 228. The lowest BCUT2D eigenvalue weighted by Crippen LogP contribution is -2.38. The molecule has 0 heterocycles. The zero-order valence-electron chi connectivity index (χ0n) is 10.9. The van der Waals surface area contributed by atoms with Gasteiger partial charge in [-0.3, -0.25) is 5.32 Å². The Kier molecular flexibility index (Phi) is 5.79. The summed E-state index contributed by atoms with van der Waals surface area (Å²) in [7, 11) is 0. The van der Waals surface area contributed by atoms with Crippen LogP contribution in [-0.2, 0) is 0 Å². The third kappa shape index (κ3) is 4.96. The Hall–Kier alpha value is -0.590. The molecule has 0 bridgehead atoms. The van der Waals surface area contributed by atoms with E-state index >= 15 is 0 Å². The van der Waals surface area contributed by atoms with Crippen molar-refractivity contribution in [2.24, 2.45) is 0 Å². The lowest BCUT2D eigenvalue weighted by atomic mass is 10.2. The first-order valence-electron chi connectivity index (χ1n) is 6.57. The van der Waals surface area contributed by atoms with Crippen LogP contribution in [-0.4, -0.2) is 36.1 Å². The van der Waals surface area contributed by atoms with Gasteiger partial charge in [0.2, 0.25) is 0 Å². The van der Waals surface area contributed by atoms with Crippen molar-refractivity contribution < 1.29 is 0 Å². The summed E-state index contributed by atoms with van der Waals surface area (Å²) in [5, 5.41) is 12.3. The quantitative estimate of drug-likeness (QED) is 0.685. The Morgan fingerprint density at radius 3 is 2.50 bits per heavy atom. The predicted octanol–water partition coefficient (Wildman–Crippen LogP) is 2.14. The summed E-state index contributed by atoms with van der Waals surface area (Å²) in [6.45, 7) is 8.66. The summed E-state index contributed by atoms with van der Waals surface area (Å²) in [6, 6.07) is 3.58. The molecule has 0 spiro atoms. The molecule has 1 saturated carbocycles. The summed E-state index contributed by atoms with van der Waals surface area (Å²) in [5.41, 5.74) is 0. The molecule has 16 heavy (non-hydrogen) atoms. The first-order chi connectivity index (χ1) is 7.67. The second-order valence-electron chi connectivity index (χ2n) is 5.06. The highest BCUT2D eigenvalue weighted by Crippen LogP contribution is 2.27. The maximum atomic E-state index is 9.04. The highest BCUT2D eigenvalue weighted by molar-refractivity contribution is 4.92. The van der Waals surface area contributed by atoms with Gasteiger partial charge in [-0.25, -0.2) is 0 Å². The van der Waals surface area contributed by atoms with Gasteiger partial charge in [0.1, 0.15) is 0 Å². The van der Waals surface area contributed by atoms with E-state index in [4.69, 9.17) is 5.26 Å². The van der Waals surface area contributed by atoms with Crippen LogP contribution in [0, 0.1) is 11.3 Å². The van der Waals surface area contributed by atoms with Gasteiger partial charge in [0.25, 0.3) is 0 Å². The largest absolute Gasteiger partial charge is 0.300 e. The predicted molar refractivity (Wildman–Crippen MR) is 67.2 cm³/mol. The third-order valence-electron chi connectivity index (χ3n) is 2.97. The molecule has 3 nitrogen and oxygen atoms in total. The minimum absolute atomic E-state index is 0.0121. The molecule has 1 rings (SSSR count). The van der Waals surface area contributed by atoms with Crippen LogP contribution in [0.5, 0.6) is 0 Å². The van der Waals surface area contributed by atoms with Crippen molar-refractivity contribution in [2.75, 3.05) is 13.1 Å². The fourth-order valence-corrected chi connectivity index (χ4v) is 2.09. The number of nitriles is 1. The van der Waals surface area contributed by atoms with Crippen LogP contribution < -0.4 is 5.32 Å². The molecule has 0 saturated heterocycles. The van der Waals surface area contributed by atoms with E-state index in [9.17, 15) is 0 Å². The Labute approximate surface area is 99.8 Å². The molecule has 3 heteroatoms. The lowest BCUT2D eigenvalue weighted by molar-refractivity contribution is 0.252. The summed E-state index contributed by atoms with van der Waals surface area (Å²) in [6.07, 6.45) is 4.88. The van der Waals surface area contributed by atoms with E-state index in [1.165, 1.54) is 25.8 Å². The van der Waals surface area contributed by atoms with Crippen molar-refractivity contribution >= 4 is 0 Å². The second kappa shape index (κ2) is 6.88. The molecular formula is C13H25N3. The van der Waals surface area contributed by atoms with Crippen molar-refractivity contribution in [1.29, 1.82) is 5.26 Å². The van der Waals surface area contributed by atoms with Crippen LogP contribution in [0.25, 0.3) is 0 Å². The van der Waals surface area contributed by atoms with Crippen LogP contribution in [0.15, 0.2) is 0 Å². The molecule has 1 unspecified atom stereocenters. The van der Waals surface area contributed by atoms with Gasteiger partial charge >= 0.3 is 0 Å². The summed E-state index contributed by atoms with van der Waals surface area (Å²) >= 11 is 0. The van der Waals surface area contributed by atoms with Crippen LogP contribution in [0.4, 0.5) is 0 Å². The Morgan fingerprint density at radius 2 is 2.06 bits per heavy atom. The third-order valence-corrected chi connectivity index (χ3v) is 2.97. The highest BCUT2D eigenvalue weighted by Gasteiger charge is 2.28. The monoisotopic (exact) mass is 223 g/mol. The summed E-state index contributed by atoms with van der Waals surface area (Å²) < 4.78 is 0. The topological polar surface area (TPSA) is 39.1 Å². The van der Waals surface area contributed by atoms with Gasteiger partial charge in [-0.2, -0.15) is 5.26 Å². The molecule has 1 fully saturated rings. The van der Waals surface area contributed by atoms with Gasteiger partial charge in [0.15, 0.2) is 0 Å². The Morgan fingerprint density at radius 1 is 1.38 bits per heavy atom. The van der Waals surface area contributed by atoms with Crippen LogP contribution in [0.2, 0.25) is 0 Å². The molecule has 0 aromatic heterocycles. The molecule has 92 valence electrons. The van der Waals surface area contributed by atoms with Gasteiger partial charge in [-0.05, 0) is 46.1 Å². The standard InChI is InChI=1S/C13H25N3/c1-4-8-16(13-5-6-13)9-7-12(10-14)15-11(2)3/h11-13,15H,4-9H2,1-3H3. The van der Waals surface area contributed by atoms with Crippen molar-refractivity contribution in [1.82, 2.24) is 10.2 Å². The van der Waals surface area contributed by atoms with Crippen LogP contribution in [0.1, 0.15) is 46.5 Å². The second-order valence-corrected chi connectivity index (χ2v) is 5.06. The van der Waals surface area contributed by atoms with E-state index < -0.39 is 0 Å². The number of hydrogen-bond acceptors (Lipinski definition) is 3. The zero-order chi connectivity index (χ0) is 12.0. The maximum absolute atomic E-state index is 9.04. The van der Waals surface area contributed by atoms with Gasteiger partial charge in [0, 0.05) is 18.6 Å². The maximum Gasteiger partial charge on any atom is 0.0967 e. The van der Waals surface area contributed by atoms with Crippen LogP contribution in [0.3, 0.4) is 0 Å². The van der Waals surface area contributed by atoms with Crippen molar-refractivity contribution in [3.05, 3.63) is 0 Å². The van der Waals surface area contributed by atoms with Crippen molar-refractivity contribution in [2.45, 2.75) is 64.6 Å². The van der Waals surface area contributed by atoms with Crippen LogP contribution >= 0.6 is 0 Å². The molecule has 0 aliphatic heterocycles. The molecule has 0 aromatic rings. The van der Waals surface area contributed by atoms with E-state index in [-0.39, 0.29) is 6.04 Å². The first-order valence-corrected chi connectivity index (χ1v) is 6.57. The fourth-order valence-electron chi connectivity index (χ4n) is 2.09. The molecular weight excluding hydrogens is 198 g/mol. The van der Waals surface area contributed by atoms with Gasteiger partial charge in [-0.1, -0.05) is 6.92 Å². The van der Waals surface area contributed by atoms with Crippen molar-refractivity contribution in [3.8, 4) is 6.07 Å². The molecule has 0 radical (unpaired) electrons. The highest BCUT2D eigenvalue weighted by atomic mass is 15.2. The summed E-state index contributed by atoms with van der Waals surface area (Å²) in [5.74, 6) is 0. The normalized spacial score (nSPS) is 17.8. The molecule has 1 aliphatic carbocycles. The van der Waals surface area contributed by atoms with Gasteiger partial charge in [-0.15, -0.1) is 0 Å². The minimum atomic E-state index is 0.0121. The van der Waals surface area contributed by atoms with E-state index in [1.807, 2.05) is 0 Å². The average Bonchev–Trinajstić information content (AvgIpc) is 3.05. The molecule has 1 N–H and O–H groups in total. The first kappa shape index (κ1) is 13.5. The molecule has 0 amide bonds. The molecule has 1 atom stereocenters. The molecule has 1 aliphatic rings. The van der Waals surface area contributed by atoms with E-state index in [0.29, 0.717) is 6.04 Å². The minimum Gasteiger partial charge on any atom is -0.300 e. The molecule has 0 aromatic carbocycles. The number of nitrogens with one attached hydrogen (secondary N) is 1.